The molecule has 0 aliphatic heterocycles. The first-order valence-corrected chi connectivity index (χ1v) is 6.54. The van der Waals surface area contributed by atoms with Gasteiger partial charge in [0.05, 0.1) is 11.5 Å². The minimum Gasteiger partial charge on any atom is -0.493 e. The topological polar surface area (TPSA) is 127 Å². The van der Waals surface area contributed by atoms with Crippen molar-refractivity contribution in [2.24, 2.45) is 5.14 Å². The first-order valence-electron chi connectivity index (χ1n) is 5.00. The number of aliphatic hydroxyl groups is 1. The van der Waals surface area contributed by atoms with Gasteiger partial charge in [-0.25, -0.2) is 18.4 Å². The van der Waals surface area contributed by atoms with E-state index in [2.05, 4.69) is 0 Å². The van der Waals surface area contributed by atoms with Crippen molar-refractivity contribution < 1.29 is 28.2 Å². The lowest BCUT2D eigenvalue weighted by Crippen LogP contribution is -2.14. The van der Waals surface area contributed by atoms with Crippen LogP contribution >= 0.6 is 0 Å². The SMILES string of the molecule is NS(=O)(=O)c1ccc(OCCCO)c(C(=O)O)c1. The molecule has 0 spiro atoms. The average molecular weight is 275 g/mol. The summed E-state index contributed by atoms with van der Waals surface area (Å²) in [6.45, 7) is 0.0448. The number of carbonyl (C=O) groups is 1. The van der Waals surface area contributed by atoms with Gasteiger partial charge >= 0.3 is 5.97 Å². The van der Waals surface area contributed by atoms with Gasteiger partial charge in [-0.3, -0.25) is 0 Å². The van der Waals surface area contributed by atoms with Crippen molar-refractivity contribution in [3.63, 3.8) is 0 Å². The van der Waals surface area contributed by atoms with Gasteiger partial charge < -0.3 is 14.9 Å². The highest BCUT2D eigenvalue weighted by molar-refractivity contribution is 7.89. The number of nitrogens with two attached hydrogens (primary N) is 1. The van der Waals surface area contributed by atoms with Gasteiger partial charge in [0.25, 0.3) is 0 Å². The smallest absolute Gasteiger partial charge is 0.339 e. The number of ether oxygens (including phenoxy) is 1. The van der Waals surface area contributed by atoms with Gasteiger partial charge in [0.2, 0.25) is 10.0 Å². The zero-order chi connectivity index (χ0) is 13.8. The third-order valence-electron chi connectivity index (χ3n) is 2.07. The Morgan fingerprint density at radius 2 is 2.06 bits per heavy atom. The molecule has 1 aromatic carbocycles. The van der Waals surface area contributed by atoms with Gasteiger partial charge in [-0.15, -0.1) is 0 Å². The number of carboxylic acid groups (broad SMARTS) is 1. The van der Waals surface area contributed by atoms with E-state index < -0.39 is 16.0 Å². The molecule has 18 heavy (non-hydrogen) atoms. The zero-order valence-corrected chi connectivity index (χ0v) is 10.2. The van der Waals surface area contributed by atoms with Gasteiger partial charge in [0.1, 0.15) is 11.3 Å². The van der Waals surface area contributed by atoms with Crippen LogP contribution in [-0.2, 0) is 10.0 Å². The fourth-order valence-electron chi connectivity index (χ4n) is 1.23. The van der Waals surface area contributed by atoms with Crippen LogP contribution in [-0.4, -0.2) is 37.8 Å². The van der Waals surface area contributed by atoms with Crippen LogP contribution in [0, 0.1) is 0 Å². The molecule has 7 nitrogen and oxygen atoms in total. The maximum Gasteiger partial charge on any atom is 0.339 e. The van der Waals surface area contributed by atoms with Gasteiger partial charge in [0.15, 0.2) is 0 Å². The first-order chi connectivity index (χ1) is 8.36. The molecule has 0 bridgehead atoms. The highest BCUT2D eigenvalue weighted by Crippen LogP contribution is 2.22. The summed E-state index contributed by atoms with van der Waals surface area (Å²) < 4.78 is 27.3. The normalized spacial score (nSPS) is 11.2. The van der Waals surface area contributed by atoms with Crippen molar-refractivity contribution in [2.45, 2.75) is 11.3 Å². The van der Waals surface area contributed by atoms with E-state index in [4.69, 9.17) is 20.1 Å². The molecule has 0 aliphatic rings. The molecular formula is C10H13NO6S. The highest BCUT2D eigenvalue weighted by Gasteiger charge is 2.16. The van der Waals surface area contributed by atoms with Crippen molar-refractivity contribution >= 4 is 16.0 Å². The number of hydrogen-bond donors (Lipinski definition) is 3. The molecule has 0 saturated heterocycles. The summed E-state index contributed by atoms with van der Waals surface area (Å²) >= 11 is 0. The van der Waals surface area contributed by atoms with Crippen LogP contribution in [0.1, 0.15) is 16.8 Å². The van der Waals surface area contributed by atoms with Crippen LogP contribution in [0.5, 0.6) is 5.75 Å². The molecule has 0 saturated carbocycles. The van der Waals surface area contributed by atoms with Crippen LogP contribution in [0.4, 0.5) is 0 Å². The lowest BCUT2D eigenvalue weighted by molar-refractivity contribution is 0.0691. The van der Waals surface area contributed by atoms with Crippen molar-refractivity contribution in [3.8, 4) is 5.75 Å². The Morgan fingerprint density at radius 1 is 1.39 bits per heavy atom. The zero-order valence-electron chi connectivity index (χ0n) is 9.37. The van der Waals surface area contributed by atoms with E-state index in [1.165, 1.54) is 6.07 Å². The molecule has 100 valence electrons. The van der Waals surface area contributed by atoms with Crippen LogP contribution < -0.4 is 9.88 Å². The molecule has 0 amide bonds. The molecule has 0 aliphatic carbocycles. The van der Waals surface area contributed by atoms with Gasteiger partial charge in [0, 0.05) is 13.0 Å². The lowest BCUT2D eigenvalue weighted by atomic mass is 10.2. The summed E-state index contributed by atoms with van der Waals surface area (Å²) in [7, 11) is -3.96. The van der Waals surface area contributed by atoms with Gasteiger partial charge in [-0.2, -0.15) is 0 Å². The predicted octanol–water partition coefficient (Wildman–Crippen LogP) is -0.207. The number of benzene rings is 1. The highest BCUT2D eigenvalue weighted by atomic mass is 32.2. The number of rotatable bonds is 6. The van der Waals surface area contributed by atoms with Crippen LogP contribution in [0.3, 0.4) is 0 Å². The second kappa shape index (κ2) is 5.80. The Kier molecular flexibility index (Phi) is 4.65. The third-order valence-corrected chi connectivity index (χ3v) is 2.98. The molecule has 0 heterocycles. The molecular weight excluding hydrogens is 262 g/mol. The van der Waals surface area contributed by atoms with Crippen molar-refractivity contribution in [3.05, 3.63) is 23.8 Å². The van der Waals surface area contributed by atoms with Crippen molar-refractivity contribution in [2.75, 3.05) is 13.2 Å². The minimum atomic E-state index is -3.96. The standard InChI is InChI=1S/C10H13NO6S/c11-18(15,16)7-2-3-9(17-5-1-4-12)8(6-7)10(13)14/h2-3,6,12H,1,4-5H2,(H,13,14)(H2,11,15,16). The Labute approximate surface area is 104 Å². The quantitative estimate of drug-likeness (QED) is 0.617. The maximum absolute atomic E-state index is 11.1. The Bertz CT molecular complexity index is 539. The Hall–Kier alpha value is -1.64. The number of primary sulfonamides is 1. The summed E-state index contributed by atoms with van der Waals surface area (Å²) in [5, 5.41) is 22.4. The molecule has 0 radical (unpaired) electrons. The van der Waals surface area contributed by atoms with E-state index in [1.807, 2.05) is 0 Å². The van der Waals surface area contributed by atoms with Gasteiger partial charge in [-0.05, 0) is 18.2 Å². The van der Waals surface area contributed by atoms with E-state index in [0.29, 0.717) is 6.42 Å². The summed E-state index contributed by atoms with van der Waals surface area (Å²) in [5.74, 6) is -1.29. The minimum absolute atomic E-state index is 0.0309. The second-order valence-corrected chi connectivity index (χ2v) is 5.00. The fourth-order valence-corrected chi connectivity index (χ4v) is 1.77. The second-order valence-electron chi connectivity index (χ2n) is 3.43. The maximum atomic E-state index is 11.1. The molecule has 1 rings (SSSR count). The first kappa shape index (κ1) is 14.4. The van der Waals surface area contributed by atoms with E-state index in [0.717, 1.165) is 12.1 Å². The van der Waals surface area contributed by atoms with E-state index in [1.54, 1.807) is 0 Å². The number of aliphatic hydroxyl groups excluding tert-OH is 1. The summed E-state index contributed by atoms with van der Waals surface area (Å²) in [5.41, 5.74) is -0.292. The molecule has 1 aromatic rings. The number of sulfonamides is 1. The molecule has 8 heteroatoms. The average Bonchev–Trinajstić information content (AvgIpc) is 2.28. The predicted molar refractivity (Wildman–Crippen MR) is 62.0 cm³/mol. The summed E-state index contributed by atoms with van der Waals surface area (Å²) in [6, 6.07) is 3.32. The van der Waals surface area contributed by atoms with E-state index in [9.17, 15) is 13.2 Å². The van der Waals surface area contributed by atoms with Crippen LogP contribution in [0.2, 0.25) is 0 Å². The van der Waals surface area contributed by atoms with Gasteiger partial charge in [-0.1, -0.05) is 0 Å². The largest absolute Gasteiger partial charge is 0.493 e. The van der Waals surface area contributed by atoms with E-state index >= 15 is 0 Å². The molecule has 4 N–H and O–H groups in total. The molecule has 0 aromatic heterocycles. The number of carboxylic acids is 1. The summed E-state index contributed by atoms with van der Waals surface area (Å²) in [4.78, 5) is 10.7. The van der Waals surface area contributed by atoms with Crippen LogP contribution in [0.15, 0.2) is 23.1 Å². The Morgan fingerprint density at radius 3 is 2.56 bits per heavy atom. The van der Waals surface area contributed by atoms with Crippen molar-refractivity contribution in [1.82, 2.24) is 0 Å². The number of hydrogen-bond acceptors (Lipinski definition) is 5. The molecule has 0 fully saturated rings. The Balaban J connectivity index is 3.09. The molecule has 0 unspecified atom stereocenters. The fraction of sp³-hybridized carbons (Fsp3) is 0.300. The molecule has 0 atom stereocenters. The van der Waals surface area contributed by atoms with E-state index in [-0.39, 0.29) is 29.4 Å². The van der Waals surface area contributed by atoms with Crippen molar-refractivity contribution in [1.29, 1.82) is 0 Å². The third kappa shape index (κ3) is 3.69. The summed E-state index contributed by atoms with van der Waals surface area (Å²) in [6.07, 6.45) is 0.343. The lowest BCUT2D eigenvalue weighted by Gasteiger charge is -2.09. The monoisotopic (exact) mass is 275 g/mol. The number of aromatic carboxylic acids is 1. The van der Waals surface area contributed by atoms with Crippen LogP contribution in [0.25, 0.3) is 0 Å².